The Balaban J connectivity index is 2.18. The minimum absolute atomic E-state index is 0.288. The summed E-state index contributed by atoms with van der Waals surface area (Å²) in [5, 5.41) is 3.51. The summed E-state index contributed by atoms with van der Waals surface area (Å²) in [6.45, 7) is 7.67. The molecule has 0 aliphatic rings. The van der Waals surface area contributed by atoms with Crippen molar-refractivity contribution in [3.8, 4) is 0 Å². The first-order chi connectivity index (χ1) is 8.08. The molecule has 1 rings (SSSR count). The van der Waals surface area contributed by atoms with Gasteiger partial charge >= 0.3 is 0 Å². The maximum absolute atomic E-state index is 5.77. The molecule has 0 radical (unpaired) electrons. The van der Waals surface area contributed by atoms with Gasteiger partial charge in [0.25, 0.3) is 0 Å². The van der Waals surface area contributed by atoms with E-state index >= 15 is 0 Å². The van der Waals surface area contributed by atoms with Crippen LogP contribution in [0.4, 0.5) is 5.82 Å². The van der Waals surface area contributed by atoms with Crippen molar-refractivity contribution in [1.29, 1.82) is 0 Å². The van der Waals surface area contributed by atoms with Crippen molar-refractivity contribution in [3.05, 3.63) is 17.0 Å². The summed E-state index contributed by atoms with van der Waals surface area (Å²) in [4.78, 5) is 8.10. The van der Waals surface area contributed by atoms with E-state index in [1.807, 2.05) is 26.8 Å². The average Bonchev–Trinajstić information content (AvgIpc) is 2.21. The van der Waals surface area contributed by atoms with Gasteiger partial charge in [-0.05, 0) is 45.2 Å². The van der Waals surface area contributed by atoms with Gasteiger partial charge in [-0.1, -0.05) is 0 Å². The second-order valence-corrected chi connectivity index (χ2v) is 4.56. The smallest absolute Gasteiger partial charge is 0.224 e. The number of nitrogens with one attached hydrogen (secondary N) is 1. The molecular weight excluding hydrogens is 238 g/mol. The van der Waals surface area contributed by atoms with E-state index in [2.05, 4.69) is 15.3 Å². The third-order valence-corrected chi connectivity index (χ3v) is 2.32. The topological polar surface area (TPSA) is 47.0 Å². The molecule has 1 heterocycles. The predicted octanol–water partition coefficient (Wildman–Crippen LogP) is 3.06. The van der Waals surface area contributed by atoms with Crippen LogP contribution in [0.1, 0.15) is 32.4 Å². The van der Waals surface area contributed by atoms with Crippen molar-refractivity contribution >= 4 is 17.4 Å². The van der Waals surface area contributed by atoms with Crippen LogP contribution in [0.5, 0.6) is 0 Å². The van der Waals surface area contributed by atoms with Crippen molar-refractivity contribution < 1.29 is 4.74 Å². The van der Waals surface area contributed by atoms with Crippen LogP contribution in [0, 0.1) is 6.92 Å². The minimum atomic E-state index is 0.288. The molecule has 0 amide bonds. The van der Waals surface area contributed by atoms with Crippen LogP contribution in [0.25, 0.3) is 0 Å². The molecule has 0 unspecified atom stereocenters. The Kier molecular flexibility index (Phi) is 6.22. The van der Waals surface area contributed by atoms with Gasteiger partial charge in [-0.3, -0.25) is 0 Å². The summed E-state index contributed by atoms with van der Waals surface area (Å²) < 4.78 is 5.46. The second-order valence-electron chi connectivity index (χ2n) is 4.22. The normalized spacial score (nSPS) is 10.9. The van der Waals surface area contributed by atoms with Crippen molar-refractivity contribution in [3.63, 3.8) is 0 Å². The van der Waals surface area contributed by atoms with Crippen molar-refractivity contribution in [2.45, 2.75) is 39.7 Å². The fraction of sp³-hybridized carbons (Fsp3) is 0.667. The molecule has 17 heavy (non-hydrogen) atoms. The fourth-order valence-corrected chi connectivity index (χ4v) is 1.61. The summed E-state index contributed by atoms with van der Waals surface area (Å²) in [5.41, 5.74) is 0.871. The maximum atomic E-state index is 5.77. The number of anilines is 1. The van der Waals surface area contributed by atoms with Gasteiger partial charge in [-0.25, -0.2) is 9.97 Å². The number of aryl methyl sites for hydroxylation is 1. The summed E-state index contributed by atoms with van der Waals surface area (Å²) in [7, 11) is 0. The number of hydrogen-bond donors (Lipinski definition) is 1. The SMILES string of the molecule is Cc1cc(NCCCCOC(C)C)nc(Cl)n1. The first-order valence-corrected chi connectivity index (χ1v) is 6.32. The van der Waals surface area contributed by atoms with Crippen molar-refractivity contribution in [2.75, 3.05) is 18.5 Å². The van der Waals surface area contributed by atoms with Gasteiger partial charge in [-0.15, -0.1) is 0 Å². The highest BCUT2D eigenvalue weighted by Gasteiger charge is 1.99. The third-order valence-electron chi connectivity index (χ3n) is 2.16. The minimum Gasteiger partial charge on any atom is -0.379 e. The first kappa shape index (κ1) is 14.2. The molecule has 5 heteroatoms. The van der Waals surface area contributed by atoms with Crippen molar-refractivity contribution in [1.82, 2.24) is 9.97 Å². The molecule has 0 aromatic carbocycles. The van der Waals surface area contributed by atoms with E-state index in [-0.39, 0.29) is 5.28 Å². The lowest BCUT2D eigenvalue weighted by molar-refractivity contribution is 0.0765. The van der Waals surface area contributed by atoms with Crippen LogP contribution in [0.2, 0.25) is 5.28 Å². The Morgan fingerprint density at radius 3 is 2.76 bits per heavy atom. The molecule has 1 N–H and O–H groups in total. The standard InChI is InChI=1S/C12H20ClN3O/c1-9(2)17-7-5-4-6-14-11-8-10(3)15-12(13)16-11/h8-9H,4-7H2,1-3H3,(H,14,15,16). The summed E-state index contributed by atoms with van der Waals surface area (Å²) >= 11 is 5.77. The van der Waals surface area contributed by atoms with E-state index in [0.29, 0.717) is 6.10 Å². The zero-order valence-electron chi connectivity index (χ0n) is 10.7. The van der Waals surface area contributed by atoms with Crippen LogP contribution in [0.15, 0.2) is 6.07 Å². The lowest BCUT2D eigenvalue weighted by atomic mass is 10.3. The molecule has 0 atom stereocenters. The molecule has 0 aliphatic heterocycles. The van der Waals surface area contributed by atoms with Gasteiger partial charge in [0, 0.05) is 24.9 Å². The Labute approximate surface area is 108 Å². The Morgan fingerprint density at radius 2 is 2.12 bits per heavy atom. The average molecular weight is 258 g/mol. The second kappa shape index (κ2) is 7.45. The number of halogens is 1. The van der Waals surface area contributed by atoms with E-state index in [9.17, 15) is 0 Å². The van der Waals surface area contributed by atoms with Gasteiger partial charge in [0.05, 0.1) is 6.10 Å². The Morgan fingerprint density at radius 1 is 1.35 bits per heavy atom. The third kappa shape index (κ3) is 6.44. The highest BCUT2D eigenvalue weighted by Crippen LogP contribution is 2.09. The lowest BCUT2D eigenvalue weighted by Gasteiger charge is -2.08. The number of ether oxygens (including phenoxy) is 1. The quantitative estimate of drug-likeness (QED) is 0.602. The van der Waals surface area contributed by atoms with E-state index in [0.717, 1.165) is 37.5 Å². The van der Waals surface area contributed by atoms with E-state index in [1.54, 1.807) is 0 Å². The highest BCUT2D eigenvalue weighted by molar-refractivity contribution is 6.28. The highest BCUT2D eigenvalue weighted by atomic mass is 35.5. The van der Waals surface area contributed by atoms with Crippen LogP contribution in [-0.2, 0) is 4.74 Å². The predicted molar refractivity (Wildman–Crippen MR) is 70.6 cm³/mol. The van der Waals surface area contributed by atoms with E-state index < -0.39 is 0 Å². The Bertz CT molecular complexity index is 324. The van der Waals surface area contributed by atoms with E-state index in [1.165, 1.54) is 0 Å². The van der Waals surface area contributed by atoms with Gasteiger partial charge in [0.2, 0.25) is 5.28 Å². The largest absolute Gasteiger partial charge is 0.379 e. The van der Waals surface area contributed by atoms with Crippen LogP contribution in [-0.4, -0.2) is 29.2 Å². The van der Waals surface area contributed by atoms with Gasteiger partial charge in [-0.2, -0.15) is 0 Å². The molecule has 0 aliphatic carbocycles. The molecule has 4 nitrogen and oxygen atoms in total. The summed E-state index contributed by atoms with van der Waals surface area (Å²) in [6, 6.07) is 1.89. The molecule has 0 bridgehead atoms. The number of aromatic nitrogens is 2. The van der Waals surface area contributed by atoms with Crippen molar-refractivity contribution in [2.24, 2.45) is 0 Å². The fourth-order valence-electron chi connectivity index (χ4n) is 1.39. The van der Waals surface area contributed by atoms with Crippen LogP contribution < -0.4 is 5.32 Å². The number of unbranched alkanes of at least 4 members (excludes halogenated alkanes) is 1. The molecular formula is C12H20ClN3O. The first-order valence-electron chi connectivity index (χ1n) is 5.94. The molecule has 0 saturated heterocycles. The summed E-state index contributed by atoms with van der Waals surface area (Å²) in [6.07, 6.45) is 2.40. The van der Waals surface area contributed by atoms with E-state index in [4.69, 9.17) is 16.3 Å². The molecule has 0 fully saturated rings. The van der Waals surface area contributed by atoms with Gasteiger partial charge in [0.15, 0.2) is 0 Å². The van der Waals surface area contributed by atoms with Gasteiger partial charge in [0.1, 0.15) is 5.82 Å². The maximum Gasteiger partial charge on any atom is 0.224 e. The molecule has 1 aromatic heterocycles. The summed E-state index contributed by atoms with van der Waals surface area (Å²) in [5.74, 6) is 0.785. The zero-order chi connectivity index (χ0) is 12.7. The number of rotatable bonds is 7. The number of nitrogens with zero attached hydrogens (tertiary/aromatic N) is 2. The van der Waals surface area contributed by atoms with Gasteiger partial charge < -0.3 is 10.1 Å². The molecule has 1 aromatic rings. The molecule has 0 spiro atoms. The molecule has 96 valence electrons. The number of hydrogen-bond acceptors (Lipinski definition) is 4. The lowest BCUT2D eigenvalue weighted by Crippen LogP contribution is -2.08. The monoisotopic (exact) mass is 257 g/mol. The zero-order valence-corrected chi connectivity index (χ0v) is 11.4. The van der Waals surface area contributed by atoms with Crippen LogP contribution >= 0.6 is 11.6 Å². The van der Waals surface area contributed by atoms with Crippen LogP contribution in [0.3, 0.4) is 0 Å². The molecule has 0 saturated carbocycles. The Hall–Kier alpha value is -0.870.